The van der Waals surface area contributed by atoms with Gasteiger partial charge in [-0.1, -0.05) is 0 Å². The summed E-state index contributed by atoms with van der Waals surface area (Å²) in [5.41, 5.74) is 0. The summed E-state index contributed by atoms with van der Waals surface area (Å²) in [4.78, 5) is 21.0. The minimum absolute atomic E-state index is 0.0809. The standard InChI is InChI=1S/C8H16N2O6S/c1-10(6-4-7(11)12)17(14,15)9-5-3-8(13)16-2/h9H,3-6H2,1-2H3,(H,11,12). The van der Waals surface area contributed by atoms with Crippen LogP contribution in [-0.4, -0.2) is 57.0 Å². The number of carbonyl (C=O) groups is 2. The zero-order valence-electron chi connectivity index (χ0n) is 9.67. The van der Waals surface area contributed by atoms with Gasteiger partial charge in [-0.3, -0.25) is 9.59 Å². The molecule has 0 rings (SSSR count). The van der Waals surface area contributed by atoms with Gasteiger partial charge in [0.2, 0.25) is 0 Å². The van der Waals surface area contributed by atoms with Crippen molar-refractivity contribution in [1.82, 2.24) is 9.03 Å². The lowest BCUT2D eigenvalue weighted by molar-refractivity contribution is -0.140. The van der Waals surface area contributed by atoms with E-state index >= 15 is 0 Å². The molecular weight excluding hydrogens is 252 g/mol. The zero-order valence-corrected chi connectivity index (χ0v) is 10.5. The van der Waals surface area contributed by atoms with Gasteiger partial charge in [-0.2, -0.15) is 12.7 Å². The lowest BCUT2D eigenvalue weighted by atomic mass is 10.4. The predicted octanol–water partition coefficient (Wildman–Crippen LogP) is -1.21. The van der Waals surface area contributed by atoms with E-state index in [1.165, 1.54) is 14.2 Å². The second-order valence-electron chi connectivity index (χ2n) is 3.19. The van der Waals surface area contributed by atoms with E-state index in [-0.39, 0.29) is 25.9 Å². The Morgan fingerprint density at radius 2 is 1.94 bits per heavy atom. The lowest BCUT2D eigenvalue weighted by Crippen LogP contribution is -2.40. The molecule has 0 spiro atoms. The zero-order chi connectivity index (χ0) is 13.5. The summed E-state index contributed by atoms with van der Waals surface area (Å²) in [6.45, 7) is -0.227. The third kappa shape index (κ3) is 6.87. The van der Waals surface area contributed by atoms with Gasteiger partial charge >= 0.3 is 11.9 Å². The second-order valence-corrected chi connectivity index (χ2v) is 5.05. The third-order valence-corrected chi connectivity index (χ3v) is 3.46. The van der Waals surface area contributed by atoms with Crippen molar-refractivity contribution in [3.8, 4) is 0 Å². The van der Waals surface area contributed by atoms with Crippen molar-refractivity contribution in [2.45, 2.75) is 12.8 Å². The molecule has 0 aromatic heterocycles. The lowest BCUT2D eigenvalue weighted by Gasteiger charge is -2.16. The number of nitrogens with zero attached hydrogens (tertiary/aromatic N) is 1. The first-order chi connectivity index (χ1) is 7.79. The fraction of sp³-hybridized carbons (Fsp3) is 0.750. The van der Waals surface area contributed by atoms with E-state index in [2.05, 4.69) is 9.46 Å². The van der Waals surface area contributed by atoms with E-state index in [1.807, 2.05) is 0 Å². The Labute approximate surface area is 99.7 Å². The summed E-state index contributed by atoms with van der Waals surface area (Å²) < 4.78 is 30.3. The van der Waals surface area contributed by atoms with E-state index in [9.17, 15) is 18.0 Å². The smallest absolute Gasteiger partial charge is 0.306 e. The number of rotatable bonds is 8. The fourth-order valence-electron chi connectivity index (χ4n) is 0.868. The molecule has 0 atom stereocenters. The number of carbonyl (C=O) groups excluding carboxylic acids is 1. The van der Waals surface area contributed by atoms with Gasteiger partial charge in [0.1, 0.15) is 0 Å². The minimum atomic E-state index is -3.75. The van der Waals surface area contributed by atoms with Crippen molar-refractivity contribution in [3.05, 3.63) is 0 Å². The van der Waals surface area contributed by atoms with Crippen LogP contribution in [0.15, 0.2) is 0 Å². The third-order valence-electron chi connectivity index (χ3n) is 1.89. The first-order valence-corrected chi connectivity index (χ1v) is 6.23. The van der Waals surface area contributed by atoms with Crippen molar-refractivity contribution in [2.75, 3.05) is 27.2 Å². The molecule has 0 amide bonds. The van der Waals surface area contributed by atoms with Gasteiger partial charge in [-0.05, 0) is 0 Å². The number of carboxylic acid groups (broad SMARTS) is 1. The summed E-state index contributed by atoms with van der Waals surface area (Å²) in [6.07, 6.45) is -0.364. The number of nitrogens with one attached hydrogen (secondary N) is 1. The highest BCUT2D eigenvalue weighted by atomic mass is 32.2. The average Bonchev–Trinajstić information content (AvgIpc) is 2.25. The molecule has 0 aromatic rings. The fourth-order valence-corrected chi connectivity index (χ4v) is 1.78. The molecule has 0 bridgehead atoms. The van der Waals surface area contributed by atoms with Crippen LogP contribution in [0, 0.1) is 0 Å². The Balaban J connectivity index is 4.09. The number of hydrogen-bond donors (Lipinski definition) is 2. The molecule has 0 aromatic carbocycles. The monoisotopic (exact) mass is 268 g/mol. The molecule has 0 aliphatic heterocycles. The first kappa shape index (κ1) is 15.8. The topological polar surface area (TPSA) is 113 Å². The Bertz CT molecular complexity index is 366. The molecule has 100 valence electrons. The van der Waals surface area contributed by atoms with Crippen LogP contribution >= 0.6 is 0 Å². The van der Waals surface area contributed by atoms with Crippen LogP contribution in [0.2, 0.25) is 0 Å². The van der Waals surface area contributed by atoms with E-state index in [4.69, 9.17) is 5.11 Å². The number of aliphatic carboxylic acids is 1. The van der Waals surface area contributed by atoms with Crippen molar-refractivity contribution in [2.24, 2.45) is 0 Å². The average molecular weight is 268 g/mol. The van der Waals surface area contributed by atoms with Crippen LogP contribution < -0.4 is 4.72 Å². The van der Waals surface area contributed by atoms with Crippen molar-refractivity contribution in [3.63, 3.8) is 0 Å². The highest BCUT2D eigenvalue weighted by Crippen LogP contribution is 1.96. The van der Waals surface area contributed by atoms with Crippen molar-refractivity contribution >= 4 is 22.1 Å². The SMILES string of the molecule is COC(=O)CCNS(=O)(=O)N(C)CCC(=O)O. The van der Waals surface area contributed by atoms with Crippen LogP contribution in [-0.2, 0) is 24.5 Å². The number of methoxy groups -OCH3 is 1. The van der Waals surface area contributed by atoms with Crippen LogP contribution in [0.1, 0.15) is 12.8 Å². The van der Waals surface area contributed by atoms with Crippen molar-refractivity contribution < 1.29 is 27.9 Å². The quantitative estimate of drug-likeness (QED) is 0.534. The van der Waals surface area contributed by atoms with Crippen LogP contribution in [0.25, 0.3) is 0 Å². The van der Waals surface area contributed by atoms with E-state index in [0.717, 1.165) is 4.31 Å². The van der Waals surface area contributed by atoms with E-state index in [0.29, 0.717) is 0 Å². The van der Waals surface area contributed by atoms with Gasteiger partial charge in [0, 0.05) is 20.1 Å². The number of esters is 1. The summed E-state index contributed by atoms with van der Waals surface area (Å²) in [5.74, 6) is -1.61. The molecular formula is C8H16N2O6S. The van der Waals surface area contributed by atoms with Gasteiger partial charge in [0.05, 0.1) is 20.0 Å². The van der Waals surface area contributed by atoms with Gasteiger partial charge in [-0.25, -0.2) is 4.72 Å². The molecule has 0 saturated heterocycles. The molecule has 0 heterocycles. The summed E-state index contributed by atoms with van der Waals surface area (Å²) in [5, 5.41) is 8.41. The number of carboxylic acids is 1. The van der Waals surface area contributed by atoms with Crippen LogP contribution in [0.5, 0.6) is 0 Å². The molecule has 0 radical (unpaired) electrons. The Morgan fingerprint density at radius 3 is 2.41 bits per heavy atom. The molecule has 8 nitrogen and oxygen atoms in total. The summed E-state index contributed by atoms with van der Waals surface area (Å²) in [6, 6.07) is 0. The predicted molar refractivity (Wildman–Crippen MR) is 58.4 cm³/mol. The van der Waals surface area contributed by atoms with E-state index in [1.54, 1.807) is 0 Å². The number of hydrogen-bond acceptors (Lipinski definition) is 5. The van der Waals surface area contributed by atoms with Gasteiger partial charge in [0.15, 0.2) is 0 Å². The molecule has 0 unspecified atom stereocenters. The van der Waals surface area contributed by atoms with E-state index < -0.39 is 22.1 Å². The Morgan fingerprint density at radius 1 is 1.35 bits per heavy atom. The molecule has 17 heavy (non-hydrogen) atoms. The first-order valence-electron chi connectivity index (χ1n) is 4.79. The largest absolute Gasteiger partial charge is 0.481 e. The highest BCUT2D eigenvalue weighted by molar-refractivity contribution is 7.87. The van der Waals surface area contributed by atoms with Crippen LogP contribution in [0.3, 0.4) is 0 Å². The highest BCUT2D eigenvalue weighted by Gasteiger charge is 2.18. The Hall–Kier alpha value is -1.19. The molecule has 0 fully saturated rings. The summed E-state index contributed by atoms with van der Waals surface area (Å²) in [7, 11) is -1.29. The molecule has 0 saturated carbocycles. The molecule has 2 N–H and O–H groups in total. The van der Waals surface area contributed by atoms with Gasteiger partial charge in [-0.15, -0.1) is 0 Å². The second kappa shape index (κ2) is 7.20. The molecule has 0 aliphatic rings. The maximum Gasteiger partial charge on any atom is 0.306 e. The normalized spacial score (nSPS) is 11.5. The molecule has 0 aliphatic carbocycles. The van der Waals surface area contributed by atoms with Gasteiger partial charge < -0.3 is 9.84 Å². The Kier molecular flexibility index (Phi) is 6.69. The van der Waals surface area contributed by atoms with Gasteiger partial charge in [0.25, 0.3) is 10.2 Å². The number of ether oxygens (including phenoxy) is 1. The molecule has 9 heteroatoms. The van der Waals surface area contributed by atoms with Crippen LogP contribution in [0.4, 0.5) is 0 Å². The maximum absolute atomic E-state index is 11.5. The van der Waals surface area contributed by atoms with Crippen molar-refractivity contribution in [1.29, 1.82) is 0 Å². The maximum atomic E-state index is 11.5. The summed E-state index contributed by atoms with van der Waals surface area (Å²) >= 11 is 0. The minimum Gasteiger partial charge on any atom is -0.481 e.